The van der Waals surface area contributed by atoms with E-state index in [4.69, 9.17) is 0 Å². The number of nitrogens with one attached hydrogen (secondary N) is 3. The van der Waals surface area contributed by atoms with E-state index in [0.29, 0.717) is 12.5 Å². The lowest BCUT2D eigenvalue weighted by Crippen LogP contribution is -2.33. The first kappa shape index (κ1) is 16.5. The van der Waals surface area contributed by atoms with Crippen LogP contribution in [0.5, 0.6) is 0 Å². The number of piperidine rings is 1. The zero-order chi connectivity index (χ0) is 13.7. The van der Waals surface area contributed by atoms with Crippen LogP contribution in [-0.4, -0.2) is 35.4 Å². The van der Waals surface area contributed by atoms with E-state index in [-0.39, 0.29) is 29.8 Å². The summed E-state index contributed by atoms with van der Waals surface area (Å²) < 4.78 is 0. The SMILES string of the molecule is Cl.O=C(NCCC1CCCNC1)c1ccc([N+](=O)[O-])[nH]1. The number of aromatic amines is 1. The number of halogens is 1. The van der Waals surface area contributed by atoms with Gasteiger partial charge in [-0.3, -0.25) is 4.79 Å². The molecule has 0 bridgehead atoms. The largest absolute Gasteiger partial charge is 0.358 e. The van der Waals surface area contributed by atoms with Gasteiger partial charge in [-0.1, -0.05) is 0 Å². The Morgan fingerprint density at radius 2 is 2.30 bits per heavy atom. The molecule has 7 nitrogen and oxygen atoms in total. The second-order valence-corrected chi connectivity index (χ2v) is 4.77. The summed E-state index contributed by atoms with van der Waals surface area (Å²) in [4.78, 5) is 24.2. The number of nitrogens with zero attached hydrogens (tertiary/aromatic N) is 1. The number of aromatic nitrogens is 1. The first-order valence-electron chi connectivity index (χ1n) is 6.49. The second kappa shape index (κ2) is 7.86. The molecule has 1 aromatic heterocycles. The Labute approximate surface area is 123 Å². The quantitative estimate of drug-likeness (QED) is 0.566. The molecule has 1 unspecified atom stereocenters. The zero-order valence-electron chi connectivity index (χ0n) is 11.1. The molecule has 0 radical (unpaired) electrons. The molecule has 8 heteroatoms. The second-order valence-electron chi connectivity index (χ2n) is 4.77. The van der Waals surface area contributed by atoms with Crippen LogP contribution in [0.3, 0.4) is 0 Å². The summed E-state index contributed by atoms with van der Waals surface area (Å²) in [5.74, 6) is 0.144. The van der Waals surface area contributed by atoms with Gasteiger partial charge in [0, 0.05) is 12.6 Å². The summed E-state index contributed by atoms with van der Waals surface area (Å²) in [5, 5.41) is 16.6. The molecule has 0 aromatic carbocycles. The topological polar surface area (TPSA) is 100 Å². The standard InChI is InChI=1S/C12H18N4O3.ClH/c17-12(10-3-4-11(15-10)16(18)19)14-7-5-9-2-1-6-13-8-9;/h3-4,9,13,15H,1-2,5-8H2,(H,14,17);1H. The fourth-order valence-corrected chi connectivity index (χ4v) is 2.28. The molecular formula is C12H19ClN4O3. The number of H-pyrrole nitrogens is 1. The molecule has 0 spiro atoms. The van der Waals surface area contributed by atoms with Crippen LogP contribution in [0.25, 0.3) is 0 Å². The van der Waals surface area contributed by atoms with Crippen molar-refractivity contribution in [3.05, 3.63) is 27.9 Å². The molecule has 1 fully saturated rings. The van der Waals surface area contributed by atoms with E-state index in [0.717, 1.165) is 19.5 Å². The number of hydrogen-bond acceptors (Lipinski definition) is 4. The highest BCUT2D eigenvalue weighted by Gasteiger charge is 2.16. The van der Waals surface area contributed by atoms with E-state index >= 15 is 0 Å². The number of hydrogen-bond donors (Lipinski definition) is 3. The van der Waals surface area contributed by atoms with Crippen molar-refractivity contribution in [2.75, 3.05) is 19.6 Å². The third-order valence-electron chi connectivity index (χ3n) is 3.35. The van der Waals surface area contributed by atoms with E-state index in [9.17, 15) is 14.9 Å². The molecular weight excluding hydrogens is 284 g/mol. The average Bonchev–Trinajstić information content (AvgIpc) is 2.89. The molecule has 1 aromatic rings. The molecule has 1 atom stereocenters. The van der Waals surface area contributed by atoms with E-state index in [1.165, 1.54) is 25.0 Å². The minimum atomic E-state index is -0.551. The number of amides is 1. The molecule has 1 aliphatic rings. The molecule has 1 aliphatic heterocycles. The molecule has 2 heterocycles. The lowest BCUT2D eigenvalue weighted by molar-refractivity contribution is -0.389. The zero-order valence-corrected chi connectivity index (χ0v) is 11.9. The highest BCUT2D eigenvalue weighted by Crippen LogP contribution is 2.13. The lowest BCUT2D eigenvalue weighted by Gasteiger charge is -2.22. The Morgan fingerprint density at radius 1 is 1.50 bits per heavy atom. The predicted molar refractivity (Wildman–Crippen MR) is 77.2 cm³/mol. The van der Waals surface area contributed by atoms with Gasteiger partial charge in [-0.05, 0) is 49.3 Å². The van der Waals surface area contributed by atoms with Crippen molar-refractivity contribution in [3.8, 4) is 0 Å². The molecule has 2 rings (SSSR count). The monoisotopic (exact) mass is 302 g/mol. The maximum absolute atomic E-state index is 11.7. The maximum atomic E-state index is 11.7. The van der Waals surface area contributed by atoms with Crippen molar-refractivity contribution in [3.63, 3.8) is 0 Å². The van der Waals surface area contributed by atoms with Crippen molar-refractivity contribution < 1.29 is 9.72 Å². The van der Waals surface area contributed by atoms with Crippen LogP contribution in [0.2, 0.25) is 0 Å². The average molecular weight is 303 g/mol. The lowest BCUT2D eigenvalue weighted by atomic mass is 9.96. The van der Waals surface area contributed by atoms with Gasteiger partial charge in [0.2, 0.25) is 0 Å². The number of carbonyl (C=O) groups is 1. The highest BCUT2D eigenvalue weighted by molar-refractivity contribution is 5.92. The first-order chi connectivity index (χ1) is 9.16. The van der Waals surface area contributed by atoms with E-state index < -0.39 is 4.92 Å². The molecule has 0 saturated carbocycles. The van der Waals surface area contributed by atoms with Gasteiger partial charge < -0.3 is 20.7 Å². The van der Waals surface area contributed by atoms with Crippen LogP contribution < -0.4 is 10.6 Å². The van der Waals surface area contributed by atoms with Crippen LogP contribution in [-0.2, 0) is 0 Å². The summed E-state index contributed by atoms with van der Waals surface area (Å²) in [6.45, 7) is 2.68. The van der Waals surface area contributed by atoms with Gasteiger partial charge in [-0.2, -0.15) is 0 Å². The molecule has 1 saturated heterocycles. The van der Waals surface area contributed by atoms with Gasteiger partial charge in [0.15, 0.2) is 5.69 Å². The van der Waals surface area contributed by atoms with Crippen molar-refractivity contribution in [1.82, 2.24) is 15.6 Å². The van der Waals surface area contributed by atoms with Crippen molar-refractivity contribution in [1.29, 1.82) is 0 Å². The van der Waals surface area contributed by atoms with Gasteiger partial charge in [0.05, 0.1) is 0 Å². The highest BCUT2D eigenvalue weighted by atomic mass is 35.5. The van der Waals surface area contributed by atoms with Gasteiger partial charge in [-0.25, -0.2) is 4.98 Å². The third-order valence-corrected chi connectivity index (χ3v) is 3.35. The van der Waals surface area contributed by atoms with Gasteiger partial charge in [0.25, 0.3) is 5.91 Å². The Bertz CT molecular complexity index is 457. The number of rotatable bonds is 5. The summed E-state index contributed by atoms with van der Waals surface area (Å²) in [7, 11) is 0. The van der Waals surface area contributed by atoms with Gasteiger partial charge in [-0.15, -0.1) is 12.4 Å². The molecule has 112 valence electrons. The van der Waals surface area contributed by atoms with Gasteiger partial charge in [0.1, 0.15) is 0 Å². The smallest absolute Gasteiger partial charge is 0.321 e. The van der Waals surface area contributed by atoms with Crippen LogP contribution in [0.4, 0.5) is 5.82 Å². The fraction of sp³-hybridized carbons (Fsp3) is 0.583. The minimum absolute atomic E-state index is 0. The van der Waals surface area contributed by atoms with E-state index in [1.807, 2.05) is 0 Å². The first-order valence-corrected chi connectivity index (χ1v) is 6.49. The molecule has 0 aliphatic carbocycles. The van der Waals surface area contributed by atoms with Crippen LogP contribution in [0.1, 0.15) is 29.8 Å². The molecule has 20 heavy (non-hydrogen) atoms. The molecule has 1 amide bonds. The predicted octanol–water partition coefficient (Wildman–Crippen LogP) is 1.46. The molecule has 3 N–H and O–H groups in total. The van der Waals surface area contributed by atoms with E-state index in [2.05, 4.69) is 15.6 Å². The van der Waals surface area contributed by atoms with Gasteiger partial charge >= 0.3 is 5.82 Å². The Hall–Kier alpha value is -1.60. The van der Waals surface area contributed by atoms with E-state index in [1.54, 1.807) is 0 Å². The minimum Gasteiger partial charge on any atom is -0.358 e. The maximum Gasteiger partial charge on any atom is 0.321 e. The third kappa shape index (κ3) is 4.50. The summed E-state index contributed by atoms with van der Waals surface area (Å²) in [6, 6.07) is 2.72. The van der Waals surface area contributed by atoms with Crippen LogP contribution in [0, 0.1) is 16.0 Å². The number of nitro groups is 1. The van der Waals surface area contributed by atoms with Crippen molar-refractivity contribution in [2.45, 2.75) is 19.3 Å². The Morgan fingerprint density at radius 3 is 2.90 bits per heavy atom. The summed E-state index contributed by atoms with van der Waals surface area (Å²) >= 11 is 0. The van der Waals surface area contributed by atoms with Crippen LogP contribution >= 0.6 is 12.4 Å². The van der Waals surface area contributed by atoms with Crippen molar-refractivity contribution >= 4 is 24.1 Å². The Kier molecular flexibility index (Phi) is 6.47. The van der Waals surface area contributed by atoms with Crippen LogP contribution in [0.15, 0.2) is 12.1 Å². The fourth-order valence-electron chi connectivity index (χ4n) is 2.28. The Balaban J connectivity index is 0.00000200. The normalized spacial score (nSPS) is 18.1. The summed E-state index contributed by atoms with van der Waals surface area (Å²) in [6.07, 6.45) is 3.31. The number of carbonyl (C=O) groups excluding carboxylic acids is 1. The van der Waals surface area contributed by atoms with Crippen molar-refractivity contribution in [2.24, 2.45) is 5.92 Å². The summed E-state index contributed by atoms with van der Waals surface area (Å²) in [5.41, 5.74) is 0.230.